The lowest BCUT2D eigenvalue weighted by molar-refractivity contribution is 0.250. The first kappa shape index (κ1) is 12.3. The molecule has 0 saturated heterocycles. The molecule has 0 unspecified atom stereocenters. The van der Waals surface area contributed by atoms with Gasteiger partial charge in [-0.1, -0.05) is 17.4 Å². The number of nitrogens with one attached hydrogen (secondary N) is 2. The predicted octanol–water partition coefficient (Wildman–Crippen LogP) is 3.59. The number of carbonyl (C=O) groups excluding carboxylic acids is 1. The van der Waals surface area contributed by atoms with Gasteiger partial charge in [-0.15, -0.1) is 0 Å². The van der Waals surface area contributed by atoms with Crippen LogP contribution >= 0.6 is 27.3 Å². The fourth-order valence-corrected chi connectivity index (χ4v) is 2.84. The first-order valence-corrected chi connectivity index (χ1v) is 6.80. The normalized spacial score (nSPS) is 10.8. The van der Waals surface area contributed by atoms with Crippen LogP contribution in [0.2, 0.25) is 0 Å². The summed E-state index contributed by atoms with van der Waals surface area (Å²) < 4.78 is 1.97. The van der Waals surface area contributed by atoms with Crippen molar-refractivity contribution in [1.29, 1.82) is 0 Å². The van der Waals surface area contributed by atoms with Gasteiger partial charge in [0.1, 0.15) is 0 Å². The Kier molecular flexibility index (Phi) is 3.63. The van der Waals surface area contributed by atoms with E-state index >= 15 is 0 Å². The zero-order valence-electron chi connectivity index (χ0n) is 9.45. The molecule has 0 aliphatic carbocycles. The molecule has 2 amide bonds. The molecule has 0 aliphatic heterocycles. The van der Waals surface area contributed by atoms with Gasteiger partial charge >= 0.3 is 6.03 Å². The number of para-hydroxylation sites is 1. The summed E-state index contributed by atoms with van der Waals surface area (Å²) in [6.45, 7) is 3.82. The topological polar surface area (TPSA) is 54.0 Å². The summed E-state index contributed by atoms with van der Waals surface area (Å²) in [5, 5.41) is 6.08. The molecule has 2 rings (SSSR count). The number of aromatic nitrogens is 1. The van der Waals surface area contributed by atoms with Crippen LogP contribution in [0.1, 0.15) is 13.8 Å². The van der Waals surface area contributed by atoms with E-state index in [2.05, 4.69) is 31.5 Å². The Bertz CT molecular complexity index is 553. The Labute approximate surface area is 112 Å². The molecule has 1 aromatic carbocycles. The lowest BCUT2D eigenvalue weighted by Gasteiger charge is -2.07. The highest BCUT2D eigenvalue weighted by molar-refractivity contribution is 9.10. The summed E-state index contributed by atoms with van der Waals surface area (Å²) in [4.78, 5) is 15.9. The fraction of sp³-hybridized carbons (Fsp3) is 0.273. The van der Waals surface area contributed by atoms with E-state index in [0.29, 0.717) is 5.13 Å². The van der Waals surface area contributed by atoms with Crippen LogP contribution in [0.5, 0.6) is 0 Å². The number of benzene rings is 1. The van der Waals surface area contributed by atoms with E-state index in [4.69, 9.17) is 0 Å². The number of fused-ring (bicyclic) bond motifs is 1. The average Bonchev–Trinajstić information content (AvgIpc) is 2.60. The largest absolute Gasteiger partial charge is 0.336 e. The van der Waals surface area contributed by atoms with Crippen LogP contribution < -0.4 is 10.6 Å². The molecule has 0 radical (unpaired) electrons. The van der Waals surface area contributed by atoms with Gasteiger partial charge in [-0.2, -0.15) is 0 Å². The van der Waals surface area contributed by atoms with Crippen molar-refractivity contribution in [2.45, 2.75) is 19.9 Å². The second-order valence-corrected chi connectivity index (χ2v) is 5.74. The van der Waals surface area contributed by atoms with Gasteiger partial charge in [0, 0.05) is 10.5 Å². The molecule has 0 aliphatic rings. The van der Waals surface area contributed by atoms with Crippen molar-refractivity contribution in [3.8, 4) is 0 Å². The van der Waals surface area contributed by atoms with Gasteiger partial charge in [-0.3, -0.25) is 5.32 Å². The number of hydrogen-bond acceptors (Lipinski definition) is 3. The number of rotatable bonds is 2. The highest BCUT2D eigenvalue weighted by atomic mass is 79.9. The van der Waals surface area contributed by atoms with Gasteiger partial charge in [0.2, 0.25) is 0 Å². The first-order valence-electron chi connectivity index (χ1n) is 5.19. The lowest BCUT2D eigenvalue weighted by atomic mass is 10.3. The molecular formula is C11H12BrN3OS. The minimum atomic E-state index is -0.227. The summed E-state index contributed by atoms with van der Waals surface area (Å²) in [5.41, 5.74) is 0.873. The zero-order valence-corrected chi connectivity index (χ0v) is 11.9. The van der Waals surface area contributed by atoms with Crippen LogP contribution in [0.15, 0.2) is 22.7 Å². The molecule has 0 saturated carbocycles. The Balaban J connectivity index is 2.20. The van der Waals surface area contributed by atoms with Crippen molar-refractivity contribution in [3.05, 3.63) is 22.7 Å². The Hall–Kier alpha value is -1.14. The third kappa shape index (κ3) is 2.95. The number of urea groups is 1. The SMILES string of the molecule is CC(C)NC(=O)Nc1nc2c(Br)cccc2s1. The van der Waals surface area contributed by atoms with Crippen LogP contribution in [-0.2, 0) is 0 Å². The molecule has 4 nitrogen and oxygen atoms in total. The number of amides is 2. The molecule has 2 aromatic rings. The predicted molar refractivity (Wildman–Crippen MR) is 74.6 cm³/mol. The molecule has 0 spiro atoms. The number of thiazole rings is 1. The number of carbonyl (C=O) groups is 1. The number of halogens is 1. The minimum Gasteiger partial charge on any atom is -0.336 e. The monoisotopic (exact) mass is 313 g/mol. The standard InChI is InChI=1S/C11H12BrN3OS/c1-6(2)13-10(16)15-11-14-9-7(12)4-3-5-8(9)17-11/h3-6H,1-2H3,(H2,13,14,15,16). The van der Waals surface area contributed by atoms with Crippen molar-refractivity contribution in [2.24, 2.45) is 0 Å². The fourth-order valence-electron chi connectivity index (χ4n) is 1.36. The van der Waals surface area contributed by atoms with Gasteiger partial charge in [0.05, 0.1) is 10.2 Å². The maximum atomic E-state index is 11.5. The van der Waals surface area contributed by atoms with Gasteiger partial charge in [-0.05, 0) is 41.9 Å². The molecule has 17 heavy (non-hydrogen) atoms. The van der Waals surface area contributed by atoms with Crippen LogP contribution in [0.4, 0.5) is 9.93 Å². The molecule has 0 atom stereocenters. The molecule has 6 heteroatoms. The molecule has 1 aromatic heterocycles. The Morgan fingerprint density at radius 3 is 2.88 bits per heavy atom. The Morgan fingerprint density at radius 1 is 1.47 bits per heavy atom. The molecule has 0 fully saturated rings. The van der Waals surface area contributed by atoms with Gasteiger partial charge < -0.3 is 5.32 Å². The molecule has 0 bridgehead atoms. The van der Waals surface area contributed by atoms with Gasteiger partial charge in [-0.25, -0.2) is 9.78 Å². The number of anilines is 1. The van der Waals surface area contributed by atoms with E-state index in [9.17, 15) is 4.79 Å². The highest BCUT2D eigenvalue weighted by Gasteiger charge is 2.09. The molecular weight excluding hydrogens is 302 g/mol. The second kappa shape index (κ2) is 5.01. The van der Waals surface area contributed by atoms with Crippen molar-refractivity contribution in [2.75, 3.05) is 5.32 Å². The van der Waals surface area contributed by atoms with Gasteiger partial charge in [0.25, 0.3) is 0 Å². The smallest absolute Gasteiger partial charge is 0.321 e. The quantitative estimate of drug-likeness (QED) is 0.890. The number of hydrogen-bond donors (Lipinski definition) is 2. The van der Waals surface area contributed by atoms with Crippen molar-refractivity contribution < 1.29 is 4.79 Å². The third-order valence-corrected chi connectivity index (χ3v) is 3.59. The minimum absolute atomic E-state index is 0.108. The van der Waals surface area contributed by atoms with Gasteiger partial charge in [0.15, 0.2) is 5.13 Å². The summed E-state index contributed by atoms with van der Waals surface area (Å²) in [5.74, 6) is 0. The maximum Gasteiger partial charge on any atom is 0.321 e. The van der Waals surface area contributed by atoms with E-state index in [1.807, 2.05) is 32.0 Å². The number of nitrogens with zero attached hydrogens (tertiary/aromatic N) is 1. The lowest BCUT2D eigenvalue weighted by Crippen LogP contribution is -2.34. The van der Waals surface area contributed by atoms with Crippen LogP contribution in [-0.4, -0.2) is 17.1 Å². The highest BCUT2D eigenvalue weighted by Crippen LogP contribution is 2.30. The van der Waals surface area contributed by atoms with Crippen molar-refractivity contribution >= 4 is 48.6 Å². The zero-order chi connectivity index (χ0) is 12.4. The summed E-state index contributed by atoms with van der Waals surface area (Å²) >= 11 is 4.89. The summed E-state index contributed by atoms with van der Waals surface area (Å²) in [6, 6.07) is 5.73. The van der Waals surface area contributed by atoms with Crippen molar-refractivity contribution in [1.82, 2.24) is 10.3 Å². The van der Waals surface area contributed by atoms with Crippen LogP contribution in [0, 0.1) is 0 Å². The second-order valence-electron chi connectivity index (χ2n) is 3.86. The molecule has 90 valence electrons. The van der Waals surface area contributed by atoms with E-state index in [0.717, 1.165) is 14.7 Å². The third-order valence-electron chi connectivity index (χ3n) is 2.01. The van der Waals surface area contributed by atoms with E-state index in [-0.39, 0.29) is 12.1 Å². The first-order chi connectivity index (χ1) is 8.06. The van der Waals surface area contributed by atoms with E-state index < -0.39 is 0 Å². The van der Waals surface area contributed by atoms with Crippen molar-refractivity contribution in [3.63, 3.8) is 0 Å². The maximum absolute atomic E-state index is 11.5. The molecule has 2 N–H and O–H groups in total. The Morgan fingerprint density at radius 2 is 2.24 bits per heavy atom. The van der Waals surface area contributed by atoms with Crippen LogP contribution in [0.25, 0.3) is 10.2 Å². The average molecular weight is 314 g/mol. The summed E-state index contributed by atoms with van der Waals surface area (Å²) in [6.07, 6.45) is 0. The molecule has 1 heterocycles. The van der Waals surface area contributed by atoms with Crippen LogP contribution in [0.3, 0.4) is 0 Å². The van der Waals surface area contributed by atoms with E-state index in [1.165, 1.54) is 11.3 Å². The summed E-state index contributed by atoms with van der Waals surface area (Å²) in [7, 11) is 0. The van der Waals surface area contributed by atoms with E-state index in [1.54, 1.807) is 0 Å².